The molecule has 0 bridgehead atoms. The van der Waals surface area contributed by atoms with E-state index in [4.69, 9.17) is 5.11 Å². The van der Waals surface area contributed by atoms with E-state index in [2.05, 4.69) is 9.97 Å². The molecule has 142 valence electrons. The van der Waals surface area contributed by atoms with Crippen molar-refractivity contribution in [3.63, 3.8) is 0 Å². The standard InChI is InChI=1S/C15H16F3N3O4S/c1-6-7(2)26-13-11(6)12(23)20-9(21-13)3-4-10(22)19-8(14(24)25)5-15(16,17)18/h8H,3-5H2,1-2H3,(H,19,22)(H,24,25)(H,20,21,23). The minimum atomic E-state index is -4.72. The first kappa shape index (κ1) is 19.9. The smallest absolute Gasteiger partial charge is 0.391 e. The molecule has 0 aliphatic rings. The van der Waals surface area contributed by atoms with Gasteiger partial charge in [0.05, 0.1) is 11.8 Å². The van der Waals surface area contributed by atoms with E-state index >= 15 is 0 Å². The molecule has 0 fully saturated rings. The lowest BCUT2D eigenvalue weighted by molar-refractivity contribution is -0.160. The van der Waals surface area contributed by atoms with Gasteiger partial charge in [0.1, 0.15) is 16.7 Å². The molecule has 1 unspecified atom stereocenters. The van der Waals surface area contributed by atoms with Crippen LogP contribution in [0.5, 0.6) is 0 Å². The Morgan fingerprint density at radius 1 is 1.35 bits per heavy atom. The van der Waals surface area contributed by atoms with Crippen molar-refractivity contribution in [2.24, 2.45) is 0 Å². The molecule has 3 N–H and O–H groups in total. The normalized spacial score (nSPS) is 13.0. The maximum Gasteiger partial charge on any atom is 0.391 e. The van der Waals surface area contributed by atoms with Gasteiger partial charge < -0.3 is 15.4 Å². The summed E-state index contributed by atoms with van der Waals surface area (Å²) in [6.07, 6.45) is -6.73. The SMILES string of the molecule is Cc1sc2nc(CCC(=O)NC(CC(F)(F)F)C(=O)O)[nH]c(=O)c2c1C. The Bertz CT molecular complexity index is 904. The van der Waals surface area contributed by atoms with Gasteiger partial charge in [-0.05, 0) is 19.4 Å². The number of carboxylic acids is 1. The van der Waals surface area contributed by atoms with Gasteiger partial charge >= 0.3 is 12.1 Å². The number of carbonyl (C=O) groups excluding carboxylic acids is 1. The number of halogens is 3. The summed E-state index contributed by atoms with van der Waals surface area (Å²) in [7, 11) is 0. The quantitative estimate of drug-likeness (QED) is 0.698. The topological polar surface area (TPSA) is 112 Å². The zero-order valence-corrected chi connectivity index (χ0v) is 14.7. The first-order valence-electron chi connectivity index (χ1n) is 7.55. The van der Waals surface area contributed by atoms with Gasteiger partial charge in [0.15, 0.2) is 0 Å². The molecule has 26 heavy (non-hydrogen) atoms. The van der Waals surface area contributed by atoms with Gasteiger partial charge in [0, 0.05) is 17.7 Å². The molecule has 0 saturated carbocycles. The molecule has 11 heteroatoms. The predicted molar refractivity (Wildman–Crippen MR) is 88.3 cm³/mol. The molecule has 0 saturated heterocycles. The number of hydrogen-bond donors (Lipinski definition) is 3. The Labute approximate surface area is 149 Å². The van der Waals surface area contributed by atoms with E-state index in [9.17, 15) is 27.6 Å². The van der Waals surface area contributed by atoms with Gasteiger partial charge in [-0.1, -0.05) is 0 Å². The van der Waals surface area contributed by atoms with Crippen LogP contribution in [0.2, 0.25) is 0 Å². The average Bonchev–Trinajstić information content (AvgIpc) is 2.78. The lowest BCUT2D eigenvalue weighted by atomic mass is 10.2. The number of carboxylic acid groups (broad SMARTS) is 1. The zero-order chi connectivity index (χ0) is 19.6. The number of thiophene rings is 1. The number of rotatable bonds is 6. The summed E-state index contributed by atoms with van der Waals surface area (Å²) in [6, 6.07) is -2.06. The van der Waals surface area contributed by atoms with E-state index in [0.717, 1.165) is 10.4 Å². The summed E-state index contributed by atoms with van der Waals surface area (Å²) in [4.78, 5) is 42.9. The fourth-order valence-electron chi connectivity index (χ4n) is 2.35. The van der Waals surface area contributed by atoms with Crippen molar-refractivity contribution in [1.29, 1.82) is 0 Å². The Hall–Kier alpha value is -2.43. The summed E-state index contributed by atoms with van der Waals surface area (Å²) in [5.74, 6) is -2.43. The number of H-pyrrole nitrogens is 1. The molecule has 0 aliphatic heterocycles. The highest BCUT2D eigenvalue weighted by Crippen LogP contribution is 2.25. The fourth-order valence-corrected chi connectivity index (χ4v) is 3.40. The van der Waals surface area contributed by atoms with Gasteiger partial charge in [-0.15, -0.1) is 11.3 Å². The monoisotopic (exact) mass is 391 g/mol. The molecule has 0 spiro atoms. The van der Waals surface area contributed by atoms with Crippen molar-refractivity contribution in [1.82, 2.24) is 15.3 Å². The van der Waals surface area contributed by atoms with E-state index in [1.54, 1.807) is 6.92 Å². The zero-order valence-electron chi connectivity index (χ0n) is 13.9. The van der Waals surface area contributed by atoms with Gasteiger partial charge in [-0.25, -0.2) is 9.78 Å². The number of aryl methyl sites for hydroxylation is 3. The minimum absolute atomic E-state index is 0.0363. The number of aromatic nitrogens is 2. The molecule has 7 nitrogen and oxygen atoms in total. The van der Waals surface area contributed by atoms with Crippen molar-refractivity contribution in [3.8, 4) is 0 Å². The Morgan fingerprint density at radius 3 is 2.58 bits per heavy atom. The molecule has 2 rings (SSSR count). The fraction of sp³-hybridized carbons (Fsp3) is 0.467. The molecular weight excluding hydrogens is 375 g/mol. The van der Waals surface area contributed by atoms with E-state index in [1.807, 2.05) is 12.2 Å². The molecule has 0 radical (unpaired) electrons. The molecule has 2 aromatic heterocycles. The largest absolute Gasteiger partial charge is 0.480 e. The second kappa shape index (κ2) is 7.44. The number of fused-ring (bicyclic) bond motifs is 1. The number of aromatic amines is 1. The van der Waals surface area contributed by atoms with Crippen LogP contribution >= 0.6 is 11.3 Å². The molecular formula is C15H16F3N3O4S. The highest BCUT2D eigenvalue weighted by atomic mass is 32.1. The predicted octanol–water partition coefficient (Wildman–Crippen LogP) is 2.06. The van der Waals surface area contributed by atoms with Crippen molar-refractivity contribution in [2.75, 3.05) is 0 Å². The molecule has 1 amide bonds. The first-order valence-corrected chi connectivity index (χ1v) is 8.37. The van der Waals surface area contributed by atoms with Crippen LogP contribution in [0.4, 0.5) is 13.2 Å². The van der Waals surface area contributed by atoms with Gasteiger partial charge in [0.25, 0.3) is 5.56 Å². The van der Waals surface area contributed by atoms with Crippen LogP contribution in [-0.4, -0.2) is 39.2 Å². The van der Waals surface area contributed by atoms with E-state index < -0.39 is 30.5 Å². The van der Waals surface area contributed by atoms with Crippen molar-refractivity contribution < 1.29 is 27.9 Å². The highest BCUT2D eigenvalue weighted by molar-refractivity contribution is 7.18. The Balaban J connectivity index is 2.06. The molecule has 0 aliphatic carbocycles. The Kier molecular flexibility index (Phi) is 5.69. The molecule has 0 aromatic carbocycles. The summed E-state index contributed by atoms with van der Waals surface area (Å²) in [5.41, 5.74) is 0.465. The molecule has 2 aromatic rings. The maximum absolute atomic E-state index is 12.3. The number of amides is 1. The van der Waals surface area contributed by atoms with Crippen molar-refractivity contribution >= 4 is 33.4 Å². The summed E-state index contributed by atoms with van der Waals surface area (Å²) < 4.78 is 37.0. The second-order valence-electron chi connectivity index (χ2n) is 5.75. The lowest BCUT2D eigenvalue weighted by Crippen LogP contribution is -2.43. The third-order valence-electron chi connectivity index (χ3n) is 3.75. The van der Waals surface area contributed by atoms with Crippen molar-refractivity contribution in [3.05, 3.63) is 26.6 Å². The van der Waals surface area contributed by atoms with Crippen molar-refractivity contribution in [2.45, 2.75) is 45.3 Å². The second-order valence-corrected chi connectivity index (χ2v) is 6.96. The number of nitrogens with one attached hydrogen (secondary N) is 2. The summed E-state index contributed by atoms with van der Waals surface area (Å²) in [6.45, 7) is 3.64. The number of aliphatic carboxylic acids is 1. The van der Waals surface area contributed by atoms with Gasteiger partial charge in [-0.3, -0.25) is 9.59 Å². The van der Waals surface area contributed by atoms with Crippen LogP contribution < -0.4 is 10.9 Å². The summed E-state index contributed by atoms with van der Waals surface area (Å²) >= 11 is 1.33. The van der Waals surface area contributed by atoms with Crippen LogP contribution in [0.15, 0.2) is 4.79 Å². The maximum atomic E-state index is 12.3. The lowest BCUT2D eigenvalue weighted by Gasteiger charge is -2.16. The van der Waals surface area contributed by atoms with Crippen LogP contribution in [0.3, 0.4) is 0 Å². The third kappa shape index (κ3) is 4.81. The number of nitrogens with zero attached hydrogens (tertiary/aromatic N) is 1. The van der Waals surface area contributed by atoms with Gasteiger partial charge in [0.2, 0.25) is 5.91 Å². The van der Waals surface area contributed by atoms with Crippen LogP contribution in [-0.2, 0) is 16.0 Å². The Morgan fingerprint density at radius 2 is 2.00 bits per heavy atom. The van der Waals surface area contributed by atoms with Gasteiger partial charge in [-0.2, -0.15) is 13.2 Å². The average molecular weight is 391 g/mol. The van der Waals surface area contributed by atoms with E-state index in [0.29, 0.717) is 10.2 Å². The van der Waals surface area contributed by atoms with E-state index in [-0.39, 0.29) is 24.2 Å². The third-order valence-corrected chi connectivity index (χ3v) is 4.85. The van der Waals surface area contributed by atoms with Crippen LogP contribution in [0, 0.1) is 13.8 Å². The minimum Gasteiger partial charge on any atom is -0.480 e. The van der Waals surface area contributed by atoms with E-state index in [1.165, 1.54) is 11.3 Å². The molecule has 2 heterocycles. The molecule has 1 atom stereocenters. The number of alkyl halides is 3. The van der Waals surface area contributed by atoms with Crippen LogP contribution in [0.1, 0.15) is 29.1 Å². The number of hydrogen-bond acceptors (Lipinski definition) is 5. The summed E-state index contributed by atoms with van der Waals surface area (Å²) in [5, 5.41) is 11.1. The first-order chi connectivity index (χ1) is 12.0. The van der Waals surface area contributed by atoms with Crippen LogP contribution in [0.25, 0.3) is 10.2 Å². The number of carbonyl (C=O) groups is 2. The highest BCUT2D eigenvalue weighted by Gasteiger charge is 2.36.